The molecule has 20 heavy (non-hydrogen) atoms. The van der Waals surface area contributed by atoms with E-state index in [1.54, 1.807) is 0 Å². The van der Waals surface area contributed by atoms with Gasteiger partial charge in [-0.05, 0) is 55.3 Å². The van der Waals surface area contributed by atoms with Gasteiger partial charge in [0.05, 0.1) is 0 Å². The Morgan fingerprint density at radius 3 is 2.65 bits per heavy atom. The quantitative estimate of drug-likeness (QED) is 0.670. The number of aromatic amines is 1. The van der Waals surface area contributed by atoms with Gasteiger partial charge in [0.2, 0.25) is 0 Å². The second kappa shape index (κ2) is 5.93. The minimum absolute atomic E-state index is 1.06. The summed E-state index contributed by atoms with van der Waals surface area (Å²) in [5.41, 5.74) is 5.20. The molecule has 0 unspecified atom stereocenters. The first kappa shape index (κ1) is 12.9. The molecule has 0 fully saturated rings. The number of nitrogens with one attached hydrogen (secondary N) is 2. The lowest BCUT2D eigenvalue weighted by Crippen LogP contribution is -2.08. The second-order valence-electron chi connectivity index (χ2n) is 5.15. The summed E-state index contributed by atoms with van der Waals surface area (Å²) < 4.78 is 0. The summed E-state index contributed by atoms with van der Waals surface area (Å²) in [7, 11) is 2.00. The first-order chi connectivity index (χ1) is 9.88. The molecule has 0 radical (unpaired) electrons. The summed E-state index contributed by atoms with van der Waals surface area (Å²) >= 11 is 0. The summed E-state index contributed by atoms with van der Waals surface area (Å²) in [6.07, 6.45) is 4.42. The molecule has 2 nitrogen and oxygen atoms in total. The van der Waals surface area contributed by atoms with Gasteiger partial charge in [-0.15, -0.1) is 0 Å². The maximum atomic E-state index is 3.37. The third-order valence-corrected chi connectivity index (χ3v) is 3.75. The molecule has 0 atom stereocenters. The van der Waals surface area contributed by atoms with E-state index in [-0.39, 0.29) is 0 Å². The minimum atomic E-state index is 1.06. The van der Waals surface area contributed by atoms with Crippen molar-refractivity contribution in [3.63, 3.8) is 0 Å². The van der Waals surface area contributed by atoms with Gasteiger partial charge in [-0.25, -0.2) is 0 Å². The van der Waals surface area contributed by atoms with Crippen LogP contribution in [0.5, 0.6) is 0 Å². The third-order valence-electron chi connectivity index (χ3n) is 3.75. The van der Waals surface area contributed by atoms with Gasteiger partial charge in [0.25, 0.3) is 0 Å². The summed E-state index contributed by atoms with van der Waals surface area (Å²) in [6, 6.07) is 17.2. The molecule has 0 saturated heterocycles. The van der Waals surface area contributed by atoms with Crippen LogP contribution in [-0.4, -0.2) is 18.6 Å². The third kappa shape index (κ3) is 2.61. The monoisotopic (exact) mass is 264 g/mol. The summed E-state index contributed by atoms with van der Waals surface area (Å²) in [6.45, 7) is 1.06. The molecule has 0 aliphatic carbocycles. The van der Waals surface area contributed by atoms with Crippen molar-refractivity contribution in [2.75, 3.05) is 13.6 Å². The number of benzene rings is 2. The molecule has 0 aliphatic rings. The Kier molecular flexibility index (Phi) is 3.84. The van der Waals surface area contributed by atoms with Gasteiger partial charge in [0, 0.05) is 17.1 Å². The van der Waals surface area contributed by atoms with Crippen LogP contribution in [0.15, 0.2) is 54.7 Å². The van der Waals surface area contributed by atoms with Gasteiger partial charge in [-0.2, -0.15) is 0 Å². The van der Waals surface area contributed by atoms with Gasteiger partial charge in [0.1, 0.15) is 0 Å². The highest BCUT2D eigenvalue weighted by molar-refractivity contribution is 5.88. The van der Waals surface area contributed by atoms with Crippen LogP contribution in [0.2, 0.25) is 0 Å². The van der Waals surface area contributed by atoms with E-state index < -0.39 is 0 Å². The van der Waals surface area contributed by atoms with E-state index in [1.165, 1.54) is 34.0 Å². The standard InChI is InChI=1S/C18H20N2/c1-19-11-5-8-16-13-20-18-10-9-15(12-17(16)18)14-6-3-2-4-7-14/h2-4,6-7,9-10,12-13,19-20H,5,8,11H2,1H3. The lowest BCUT2D eigenvalue weighted by atomic mass is 10.0. The van der Waals surface area contributed by atoms with E-state index in [0.29, 0.717) is 0 Å². The first-order valence-corrected chi connectivity index (χ1v) is 7.18. The molecule has 0 saturated carbocycles. The number of aromatic nitrogens is 1. The van der Waals surface area contributed by atoms with Crippen molar-refractivity contribution in [2.24, 2.45) is 0 Å². The highest BCUT2D eigenvalue weighted by Crippen LogP contribution is 2.26. The van der Waals surface area contributed by atoms with Crippen LogP contribution in [0.4, 0.5) is 0 Å². The largest absolute Gasteiger partial charge is 0.361 e. The lowest BCUT2D eigenvalue weighted by Gasteiger charge is -2.04. The Hall–Kier alpha value is -2.06. The molecular weight excluding hydrogens is 244 g/mol. The number of H-pyrrole nitrogens is 1. The fourth-order valence-electron chi connectivity index (χ4n) is 2.65. The zero-order chi connectivity index (χ0) is 13.8. The highest BCUT2D eigenvalue weighted by atomic mass is 14.8. The Bertz CT molecular complexity index is 683. The number of fused-ring (bicyclic) bond motifs is 1. The Morgan fingerprint density at radius 1 is 1.00 bits per heavy atom. The van der Waals surface area contributed by atoms with Gasteiger partial charge in [0.15, 0.2) is 0 Å². The molecule has 0 bridgehead atoms. The van der Waals surface area contributed by atoms with Crippen molar-refractivity contribution in [2.45, 2.75) is 12.8 Å². The van der Waals surface area contributed by atoms with Crippen LogP contribution in [0.1, 0.15) is 12.0 Å². The topological polar surface area (TPSA) is 27.8 Å². The van der Waals surface area contributed by atoms with Crippen molar-refractivity contribution >= 4 is 10.9 Å². The summed E-state index contributed by atoms with van der Waals surface area (Å²) in [4.78, 5) is 3.37. The maximum absolute atomic E-state index is 3.37. The lowest BCUT2D eigenvalue weighted by molar-refractivity contribution is 0.727. The van der Waals surface area contributed by atoms with Crippen LogP contribution in [0.25, 0.3) is 22.0 Å². The Labute approximate surface area is 119 Å². The fourth-order valence-corrected chi connectivity index (χ4v) is 2.65. The average Bonchev–Trinajstić information content (AvgIpc) is 2.91. The molecular formula is C18H20N2. The van der Waals surface area contributed by atoms with Crippen molar-refractivity contribution in [3.8, 4) is 11.1 Å². The van der Waals surface area contributed by atoms with Gasteiger partial charge in [-0.3, -0.25) is 0 Å². The SMILES string of the molecule is CNCCCc1c[nH]c2ccc(-c3ccccc3)cc12. The Balaban J connectivity index is 1.95. The average molecular weight is 264 g/mol. The van der Waals surface area contributed by atoms with E-state index in [0.717, 1.165) is 13.0 Å². The zero-order valence-electron chi connectivity index (χ0n) is 11.8. The molecule has 3 rings (SSSR count). The molecule has 2 N–H and O–H groups in total. The van der Waals surface area contributed by atoms with Crippen LogP contribution in [0, 0.1) is 0 Å². The van der Waals surface area contributed by atoms with Crippen molar-refractivity contribution < 1.29 is 0 Å². The van der Waals surface area contributed by atoms with Crippen LogP contribution >= 0.6 is 0 Å². The van der Waals surface area contributed by atoms with Crippen molar-refractivity contribution in [1.82, 2.24) is 10.3 Å². The predicted molar refractivity (Wildman–Crippen MR) is 86.0 cm³/mol. The zero-order valence-corrected chi connectivity index (χ0v) is 11.8. The van der Waals surface area contributed by atoms with Crippen LogP contribution in [0.3, 0.4) is 0 Å². The summed E-state index contributed by atoms with van der Waals surface area (Å²) in [5.74, 6) is 0. The number of hydrogen-bond acceptors (Lipinski definition) is 1. The van der Waals surface area contributed by atoms with Crippen molar-refractivity contribution in [1.29, 1.82) is 0 Å². The van der Waals surface area contributed by atoms with Crippen LogP contribution in [-0.2, 0) is 6.42 Å². The molecule has 102 valence electrons. The van der Waals surface area contributed by atoms with Gasteiger partial charge >= 0.3 is 0 Å². The smallest absolute Gasteiger partial charge is 0.0457 e. The Morgan fingerprint density at radius 2 is 1.85 bits per heavy atom. The number of aryl methyl sites for hydroxylation is 1. The normalized spacial score (nSPS) is 11.1. The molecule has 1 heterocycles. The molecule has 0 amide bonds. The molecule has 0 aliphatic heterocycles. The van der Waals surface area contributed by atoms with E-state index >= 15 is 0 Å². The van der Waals surface area contributed by atoms with Gasteiger partial charge < -0.3 is 10.3 Å². The molecule has 2 aromatic carbocycles. The molecule has 3 aromatic rings. The maximum Gasteiger partial charge on any atom is 0.0457 e. The van der Waals surface area contributed by atoms with Crippen LogP contribution < -0.4 is 5.32 Å². The number of hydrogen-bond donors (Lipinski definition) is 2. The minimum Gasteiger partial charge on any atom is -0.361 e. The van der Waals surface area contributed by atoms with E-state index in [9.17, 15) is 0 Å². The highest BCUT2D eigenvalue weighted by Gasteiger charge is 2.05. The molecule has 2 heteroatoms. The second-order valence-corrected chi connectivity index (χ2v) is 5.15. The molecule has 0 spiro atoms. The van der Waals surface area contributed by atoms with Crippen molar-refractivity contribution in [3.05, 3.63) is 60.3 Å². The van der Waals surface area contributed by atoms with E-state index in [2.05, 4.69) is 65.0 Å². The number of rotatable bonds is 5. The molecule has 1 aromatic heterocycles. The summed E-state index contributed by atoms with van der Waals surface area (Å²) in [5, 5.41) is 4.55. The van der Waals surface area contributed by atoms with Gasteiger partial charge in [-0.1, -0.05) is 36.4 Å². The van der Waals surface area contributed by atoms with E-state index in [4.69, 9.17) is 0 Å². The predicted octanol–water partition coefficient (Wildman–Crippen LogP) is 3.99. The first-order valence-electron chi connectivity index (χ1n) is 7.18. The van der Waals surface area contributed by atoms with E-state index in [1.807, 2.05) is 7.05 Å². The fraction of sp³-hybridized carbons (Fsp3) is 0.222.